The minimum Gasteiger partial charge on any atom is -0.433 e. The van der Waals surface area contributed by atoms with Crippen LogP contribution < -0.4 is 10.1 Å². The molecular weight excluding hydrogens is 332 g/mol. The van der Waals surface area contributed by atoms with Crippen molar-refractivity contribution in [1.29, 1.82) is 0 Å². The maximum absolute atomic E-state index is 12.1. The van der Waals surface area contributed by atoms with Crippen LogP contribution in [0.25, 0.3) is 0 Å². The molecule has 0 aromatic heterocycles. The average Bonchev–Trinajstić information content (AvgIpc) is 2.49. The lowest BCUT2D eigenvalue weighted by atomic mass is 10.3. The molecule has 0 bridgehead atoms. The van der Waals surface area contributed by atoms with E-state index in [0.29, 0.717) is 5.69 Å². The predicted molar refractivity (Wildman–Crippen MR) is 83.9 cm³/mol. The highest BCUT2D eigenvalue weighted by Crippen LogP contribution is 2.29. The van der Waals surface area contributed by atoms with Crippen LogP contribution in [-0.4, -0.2) is 18.3 Å². The Bertz CT molecular complexity index is 641. The molecule has 0 fully saturated rings. The molecule has 0 radical (unpaired) electrons. The maximum Gasteiger partial charge on any atom is 0.387 e. The number of thioether (sulfide) groups is 1. The minimum absolute atomic E-state index is 0.00816. The number of hydrogen-bond donors (Lipinski definition) is 1. The Labute approximate surface area is 135 Å². The first-order valence-corrected chi connectivity index (χ1v) is 7.63. The fourth-order valence-corrected chi connectivity index (χ4v) is 2.58. The Hall–Kier alpha value is -1.79. The highest BCUT2D eigenvalue weighted by atomic mass is 35.5. The van der Waals surface area contributed by atoms with Crippen LogP contribution in [0.1, 0.15) is 0 Å². The number of hydrogen-bond acceptors (Lipinski definition) is 3. The number of halogens is 3. The van der Waals surface area contributed by atoms with Gasteiger partial charge in [-0.3, -0.25) is 4.79 Å². The first kappa shape index (κ1) is 16.6. The lowest BCUT2D eigenvalue weighted by Gasteiger charge is -2.09. The van der Waals surface area contributed by atoms with E-state index in [4.69, 9.17) is 11.6 Å². The first-order valence-electron chi connectivity index (χ1n) is 6.26. The molecule has 0 aliphatic rings. The van der Waals surface area contributed by atoms with Crippen molar-refractivity contribution in [1.82, 2.24) is 0 Å². The lowest BCUT2D eigenvalue weighted by molar-refractivity contribution is -0.113. The Morgan fingerprint density at radius 3 is 2.59 bits per heavy atom. The zero-order valence-electron chi connectivity index (χ0n) is 11.3. The summed E-state index contributed by atoms with van der Waals surface area (Å²) in [7, 11) is 0. The van der Waals surface area contributed by atoms with E-state index in [9.17, 15) is 13.6 Å². The van der Waals surface area contributed by atoms with Gasteiger partial charge >= 0.3 is 6.61 Å². The van der Waals surface area contributed by atoms with E-state index in [1.807, 2.05) is 30.3 Å². The number of rotatable bonds is 6. The summed E-state index contributed by atoms with van der Waals surface area (Å²) >= 11 is 7.21. The second kappa shape index (κ2) is 8.00. The van der Waals surface area contributed by atoms with Gasteiger partial charge in [0.15, 0.2) is 0 Å². The number of carbonyl (C=O) groups is 1. The van der Waals surface area contributed by atoms with E-state index in [1.54, 1.807) is 0 Å². The summed E-state index contributed by atoms with van der Waals surface area (Å²) in [6, 6.07) is 13.6. The van der Waals surface area contributed by atoms with Crippen LogP contribution in [0.2, 0.25) is 5.02 Å². The van der Waals surface area contributed by atoms with Crippen molar-refractivity contribution in [2.24, 2.45) is 0 Å². The fourth-order valence-electron chi connectivity index (χ4n) is 1.63. The zero-order chi connectivity index (χ0) is 15.9. The van der Waals surface area contributed by atoms with Gasteiger partial charge in [0.05, 0.1) is 10.8 Å². The van der Waals surface area contributed by atoms with Crippen LogP contribution >= 0.6 is 23.4 Å². The summed E-state index contributed by atoms with van der Waals surface area (Å²) in [5.41, 5.74) is 0.422. The summed E-state index contributed by atoms with van der Waals surface area (Å²) in [6.07, 6.45) is 0. The van der Waals surface area contributed by atoms with Gasteiger partial charge in [-0.1, -0.05) is 29.8 Å². The molecule has 0 heterocycles. The molecule has 116 valence electrons. The third kappa shape index (κ3) is 5.20. The molecule has 2 aromatic rings. The van der Waals surface area contributed by atoms with Crippen LogP contribution in [0.3, 0.4) is 0 Å². The van der Waals surface area contributed by atoms with Crippen LogP contribution in [0, 0.1) is 0 Å². The van der Waals surface area contributed by atoms with Gasteiger partial charge in [-0.2, -0.15) is 8.78 Å². The van der Waals surface area contributed by atoms with Crippen LogP contribution in [-0.2, 0) is 4.79 Å². The molecule has 0 unspecified atom stereocenters. The largest absolute Gasteiger partial charge is 0.433 e. The van der Waals surface area contributed by atoms with E-state index < -0.39 is 6.61 Å². The van der Waals surface area contributed by atoms with Gasteiger partial charge in [-0.15, -0.1) is 11.8 Å². The predicted octanol–water partition coefficient (Wildman–Crippen LogP) is 4.67. The van der Waals surface area contributed by atoms with Crippen LogP contribution in [0.5, 0.6) is 5.75 Å². The molecule has 2 aromatic carbocycles. The Balaban J connectivity index is 1.90. The first-order chi connectivity index (χ1) is 10.5. The van der Waals surface area contributed by atoms with Gasteiger partial charge in [-0.05, 0) is 30.3 Å². The SMILES string of the molecule is O=C(CSc1ccccc1)Nc1ccc(OC(F)F)c(Cl)c1. The normalized spacial score (nSPS) is 10.5. The van der Waals surface area contributed by atoms with E-state index in [-0.39, 0.29) is 22.4 Å². The molecule has 7 heteroatoms. The Morgan fingerprint density at radius 2 is 1.95 bits per heavy atom. The number of anilines is 1. The summed E-state index contributed by atoms with van der Waals surface area (Å²) in [6.45, 7) is -2.94. The zero-order valence-corrected chi connectivity index (χ0v) is 12.8. The number of nitrogens with one attached hydrogen (secondary N) is 1. The van der Waals surface area contributed by atoms with Gasteiger partial charge in [-0.25, -0.2) is 0 Å². The highest BCUT2D eigenvalue weighted by Gasteiger charge is 2.10. The van der Waals surface area contributed by atoms with E-state index >= 15 is 0 Å². The molecule has 1 amide bonds. The highest BCUT2D eigenvalue weighted by molar-refractivity contribution is 8.00. The van der Waals surface area contributed by atoms with Gasteiger partial charge in [0.25, 0.3) is 0 Å². The van der Waals surface area contributed by atoms with Gasteiger partial charge < -0.3 is 10.1 Å². The quantitative estimate of drug-likeness (QED) is 0.774. The molecule has 0 atom stereocenters. The van der Waals surface area contributed by atoms with Crippen molar-refractivity contribution >= 4 is 35.0 Å². The van der Waals surface area contributed by atoms with Gasteiger partial charge in [0.2, 0.25) is 5.91 Å². The van der Waals surface area contributed by atoms with Crippen molar-refractivity contribution in [2.45, 2.75) is 11.5 Å². The third-order valence-electron chi connectivity index (χ3n) is 2.54. The van der Waals surface area contributed by atoms with Crippen molar-refractivity contribution in [3.05, 3.63) is 53.6 Å². The number of alkyl halides is 2. The van der Waals surface area contributed by atoms with E-state index in [1.165, 1.54) is 30.0 Å². The minimum atomic E-state index is -2.94. The summed E-state index contributed by atoms with van der Waals surface area (Å²) in [5.74, 6) is -0.113. The molecule has 0 spiro atoms. The monoisotopic (exact) mass is 343 g/mol. The Kier molecular flexibility index (Phi) is 6.03. The van der Waals surface area contributed by atoms with Gasteiger partial charge in [0.1, 0.15) is 5.75 Å². The topological polar surface area (TPSA) is 38.3 Å². The molecule has 0 saturated carbocycles. The van der Waals surface area contributed by atoms with Crippen molar-refractivity contribution in [2.75, 3.05) is 11.1 Å². The smallest absolute Gasteiger partial charge is 0.387 e. The van der Waals surface area contributed by atoms with Crippen LogP contribution in [0.4, 0.5) is 14.5 Å². The number of carbonyl (C=O) groups excluding carboxylic acids is 1. The molecular formula is C15H12ClF2NO2S. The standard InChI is InChI=1S/C15H12ClF2NO2S/c16-12-8-10(6-7-13(12)21-15(17)18)19-14(20)9-22-11-4-2-1-3-5-11/h1-8,15H,9H2,(H,19,20). The van der Waals surface area contributed by atoms with Gasteiger partial charge in [0, 0.05) is 10.6 Å². The van der Waals surface area contributed by atoms with Crippen molar-refractivity contribution in [3.63, 3.8) is 0 Å². The number of amides is 1. The van der Waals surface area contributed by atoms with Crippen molar-refractivity contribution in [3.8, 4) is 5.75 Å². The molecule has 1 N–H and O–H groups in total. The molecule has 0 aliphatic heterocycles. The average molecular weight is 344 g/mol. The second-order valence-electron chi connectivity index (χ2n) is 4.17. The molecule has 3 nitrogen and oxygen atoms in total. The van der Waals surface area contributed by atoms with E-state index in [2.05, 4.69) is 10.1 Å². The number of benzene rings is 2. The summed E-state index contributed by atoms with van der Waals surface area (Å²) in [4.78, 5) is 12.8. The molecule has 0 aliphatic carbocycles. The summed E-state index contributed by atoms with van der Waals surface area (Å²) < 4.78 is 28.5. The molecule has 2 rings (SSSR count). The Morgan fingerprint density at radius 1 is 1.23 bits per heavy atom. The van der Waals surface area contributed by atoms with Crippen LogP contribution in [0.15, 0.2) is 53.4 Å². The summed E-state index contributed by atoms with van der Waals surface area (Å²) in [5, 5.41) is 2.65. The lowest BCUT2D eigenvalue weighted by Crippen LogP contribution is -2.14. The third-order valence-corrected chi connectivity index (χ3v) is 3.85. The molecule has 0 saturated heterocycles. The number of ether oxygens (including phenoxy) is 1. The van der Waals surface area contributed by atoms with Crippen molar-refractivity contribution < 1.29 is 18.3 Å². The molecule has 22 heavy (non-hydrogen) atoms. The van der Waals surface area contributed by atoms with E-state index in [0.717, 1.165) is 4.90 Å². The fraction of sp³-hybridized carbons (Fsp3) is 0.133. The second-order valence-corrected chi connectivity index (χ2v) is 5.63. The maximum atomic E-state index is 12.1.